The molecule has 0 saturated carbocycles. The van der Waals surface area contributed by atoms with Crippen molar-refractivity contribution in [3.8, 4) is 5.75 Å². The van der Waals surface area contributed by atoms with E-state index in [9.17, 15) is 13.6 Å². The van der Waals surface area contributed by atoms with E-state index in [1.165, 1.54) is 12.1 Å². The number of hydrogen-bond acceptors (Lipinski definition) is 2. The van der Waals surface area contributed by atoms with Gasteiger partial charge in [-0.1, -0.05) is 6.07 Å². The molecule has 0 aliphatic carbocycles. The van der Waals surface area contributed by atoms with Gasteiger partial charge in [0.25, 0.3) is 0 Å². The summed E-state index contributed by atoms with van der Waals surface area (Å²) in [4.78, 5) is 11.8. The van der Waals surface area contributed by atoms with Crippen LogP contribution in [0.4, 0.5) is 14.5 Å². The van der Waals surface area contributed by atoms with Gasteiger partial charge in [-0.2, -0.15) is 0 Å². The molecule has 0 atom stereocenters. The zero-order valence-corrected chi connectivity index (χ0v) is 11.6. The van der Waals surface area contributed by atoms with Gasteiger partial charge in [0, 0.05) is 24.3 Å². The van der Waals surface area contributed by atoms with Gasteiger partial charge in [-0.05, 0) is 41.5 Å². The Morgan fingerprint density at radius 2 is 2.00 bits per heavy atom. The Balaban J connectivity index is 1.67. The molecule has 2 aromatic rings. The van der Waals surface area contributed by atoms with Crippen LogP contribution in [0, 0.1) is 11.6 Å². The summed E-state index contributed by atoms with van der Waals surface area (Å²) < 4.78 is 31.3. The Hall–Kier alpha value is -2.69. The monoisotopic (exact) mass is 301 g/mol. The standard InChI is InChI=1S/C17H13F2NO2/c18-14-4-3-13(10-15(14)19)20-17(21)6-2-11-1-5-16-12(9-11)7-8-22-16/h1-6,9-10H,7-8H2,(H,20,21)/b6-2+. The molecule has 1 aliphatic rings. The van der Waals surface area contributed by atoms with Gasteiger partial charge in [0.15, 0.2) is 11.6 Å². The van der Waals surface area contributed by atoms with E-state index in [1.807, 2.05) is 18.2 Å². The minimum absolute atomic E-state index is 0.205. The fraction of sp³-hybridized carbons (Fsp3) is 0.118. The quantitative estimate of drug-likeness (QED) is 0.880. The lowest BCUT2D eigenvalue weighted by Gasteiger charge is -2.03. The maximum Gasteiger partial charge on any atom is 0.248 e. The minimum Gasteiger partial charge on any atom is -0.493 e. The number of halogens is 2. The Morgan fingerprint density at radius 3 is 2.82 bits per heavy atom. The van der Waals surface area contributed by atoms with E-state index in [4.69, 9.17) is 4.74 Å². The molecule has 0 spiro atoms. The number of nitrogens with one attached hydrogen (secondary N) is 1. The lowest BCUT2D eigenvalue weighted by atomic mass is 10.1. The first-order valence-electron chi connectivity index (χ1n) is 6.82. The van der Waals surface area contributed by atoms with E-state index >= 15 is 0 Å². The second-order valence-corrected chi connectivity index (χ2v) is 4.92. The van der Waals surface area contributed by atoms with Gasteiger partial charge in [-0.15, -0.1) is 0 Å². The van der Waals surface area contributed by atoms with Crippen molar-refractivity contribution in [2.75, 3.05) is 11.9 Å². The first-order chi connectivity index (χ1) is 10.6. The Labute approximate surface area is 126 Å². The number of rotatable bonds is 3. The van der Waals surface area contributed by atoms with Gasteiger partial charge in [-0.25, -0.2) is 8.78 Å². The molecule has 0 saturated heterocycles. The van der Waals surface area contributed by atoms with Gasteiger partial charge in [0.05, 0.1) is 6.61 Å². The van der Waals surface area contributed by atoms with E-state index in [-0.39, 0.29) is 5.69 Å². The SMILES string of the molecule is O=C(/C=C/c1ccc2c(c1)CCO2)Nc1ccc(F)c(F)c1. The van der Waals surface area contributed by atoms with Crippen molar-refractivity contribution < 1.29 is 18.3 Å². The predicted octanol–water partition coefficient (Wildman–Crippen LogP) is 3.55. The Kier molecular flexibility index (Phi) is 3.87. The van der Waals surface area contributed by atoms with Crippen molar-refractivity contribution in [1.82, 2.24) is 0 Å². The van der Waals surface area contributed by atoms with E-state index in [1.54, 1.807) is 6.08 Å². The fourth-order valence-electron chi connectivity index (χ4n) is 2.24. The number of benzene rings is 2. The van der Waals surface area contributed by atoms with Crippen LogP contribution in [0.5, 0.6) is 5.75 Å². The Bertz CT molecular complexity index is 756. The summed E-state index contributed by atoms with van der Waals surface area (Å²) in [6.07, 6.45) is 3.87. The summed E-state index contributed by atoms with van der Waals surface area (Å²) in [5.74, 6) is -1.49. The van der Waals surface area contributed by atoms with E-state index in [0.717, 1.165) is 35.4 Å². The van der Waals surface area contributed by atoms with Crippen molar-refractivity contribution in [2.24, 2.45) is 0 Å². The number of fused-ring (bicyclic) bond motifs is 1. The lowest BCUT2D eigenvalue weighted by Crippen LogP contribution is -2.08. The third-order valence-electron chi connectivity index (χ3n) is 3.33. The molecule has 1 heterocycles. The lowest BCUT2D eigenvalue weighted by molar-refractivity contribution is -0.111. The maximum absolute atomic E-state index is 13.1. The molecule has 0 radical (unpaired) electrons. The third kappa shape index (κ3) is 3.14. The normalized spacial score (nSPS) is 13.0. The highest BCUT2D eigenvalue weighted by Gasteiger charge is 2.11. The van der Waals surface area contributed by atoms with Crippen molar-refractivity contribution in [3.63, 3.8) is 0 Å². The van der Waals surface area contributed by atoms with Crippen molar-refractivity contribution in [1.29, 1.82) is 0 Å². The molecule has 1 amide bonds. The summed E-state index contributed by atoms with van der Waals surface area (Å²) in [5, 5.41) is 2.48. The summed E-state index contributed by atoms with van der Waals surface area (Å²) >= 11 is 0. The van der Waals surface area contributed by atoms with Crippen LogP contribution < -0.4 is 10.1 Å². The molecule has 3 rings (SSSR count). The zero-order valence-electron chi connectivity index (χ0n) is 11.6. The summed E-state index contributed by atoms with van der Waals surface area (Å²) in [6, 6.07) is 8.89. The van der Waals surface area contributed by atoms with Crippen LogP contribution in [0.15, 0.2) is 42.5 Å². The van der Waals surface area contributed by atoms with Gasteiger partial charge in [0.1, 0.15) is 5.75 Å². The van der Waals surface area contributed by atoms with Crippen LogP contribution in [-0.4, -0.2) is 12.5 Å². The molecule has 1 aliphatic heterocycles. The van der Waals surface area contributed by atoms with Crippen LogP contribution in [0.2, 0.25) is 0 Å². The van der Waals surface area contributed by atoms with Gasteiger partial charge in [0.2, 0.25) is 5.91 Å². The van der Waals surface area contributed by atoms with Crippen molar-refractivity contribution >= 4 is 17.7 Å². The second-order valence-electron chi connectivity index (χ2n) is 4.92. The van der Waals surface area contributed by atoms with Crippen LogP contribution in [-0.2, 0) is 11.2 Å². The maximum atomic E-state index is 13.1. The molecule has 2 aromatic carbocycles. The second kappa shape index (κ2) is 5.97. The number of carbonyl (C=O) groups excluding carboxylic acids is 1. The average molecular weight is 301 g/mol. The average Bonchev–Trinajstić information content (AvgIpc) is 2.96. The third-order valence-corrected chi connectivity index (χ3v) is 3.33. The highest BCUT2D eigenvalue weighted by atomic mass is 19.2. The zero-order chi connectivity index (χ0) is 15.5. The van der Waals surface area contributed by atoms with Gasteiger partial charge in [-0.3, -0.25) is 4.79 Å². The summed E-state index contributed by atoms with van der Waals surface area (Å²) in [5.41, 5.74) is 2.20. The highest BCUT2D eigenvalue weighted by molar-refractivity contribution is 6.01. The van der Waals surface area contributed by atoms with Crippen LogP contribution in [0.3, 0.4) is 0 Å². The molecule has 1 N–H and O–H groups in total. The highest BCUT2D eigenvalue weighted by Crippen LogP contribution is 2.26. The van der Waals surface area contributed by atoms with E-state index in [0.29, 0.717) is 6.61 Å². The Morgan fingerprint density at radius 1 is 1.14 bits per heavy atom. The van der Waals surface area contributed by atoms with Gasteiger partial charge >= 0.3 is 0 Å². The molecule has 0 bridgehead atoms. The molecular formula is C17H13F2NO2. The number of anilines is 1. The van der Waals surface area contributed by atoms with Crippen LogP contribution in [0.1, 0.15) is 11.1 Å². The number of hydrogen-bond donors (Lipinski definition) is 1. The van der Waals surface area contributed by atoms with Gasteiger partial charge < -0.3 is 10.1 Å². The molecule has 3 nitrogen and oxygen atoms in total. The van der Waals surface area contributed by atoms with Crippen LogP contribution in [0.25, 0.3) is 6.08 Å². The summed E-state index contributed by atoms with van der Waals surface area (Å²) in [6.45, 7) is 0.680. The molecule has 0 aromatic heterocycles. The fourth-order valence-corrected chi connectivity index (χ4v) is 2.24. The summed E-state index contributed by atoms with van der Waals surface area (Å²) in [7, 11) is 0. The van der Waals surface area contributed by atoms with Crippen molar-refractivity contribution in [3.05, 3.63) is 65.2 Å². The minimum atomic E-state index is -1.000. The largest absolute Gasteiger partial charge is 0.493 e. The van der Waals surface area contributed by atoms with E-state index in [2.05, 4.69) is 5.32 Å². The number of carbonyl (C=O) groups is 1. The van der Waals surface area contributed by atoms with Crippen LogP contribution >= 0.6 is 0 Å². The van der Waals surface area contributed by atoms with E-state index < -0.39 is 17.5 Å². The molecule has 0 unspecified atom stereocenters. The number of amides is 1. The smallest absolute Gasteiger partial charge is 0.248 e. The first kappa shape index (κ1) is 14.3. The van der Waals surface area contributed by atoms with Crippen molar-refractivity contribution in [2.45, 2.75) is 6.42 Å². The molecule has 0 fully saturated rings. The predicted molar refractivity (Wildman–Crippen MR) is 79.7 cm³/mol. The molecular weight excluding hydrogens is 288 g/mol. The topological polar surface area (TPSA) is 38.3 Å². The first-order valence-corrected chi connectivity index (χ1v) is 6.82. The number of ether oxygens (including phenoxy) is 1. The molecule has 112 valence electrons. The molecule has 22 heavy (non-hydrogen) atoms. The molecule has 5 heteroatoms.